The van der Waals surface area contributed by atoms with E-state index in [1.165, 1.54) is 0 Å². The van der Waals surface area contributed by atoms with Gasteiger partial charge in [-0.05, 0) is 6.42 Å². The summed E-state index contributed by atoms with van der Waals surface area (Å²) in [5, 5.41) is 11.5. The van der Waals surface area contributed by atoms with Gasteiger partial charge >= 0.3 is 0 Å². The van der Waals surface area contributed by atoms with E-state index >= 15 is 0 Å². The van der Waals surface area contributed by atoms with Gasteiger partial charge in [0, 0.05) is 26.1 Å². The zero-order chi connectivity index (χ0) is 11.3. The summed E-state index contributed by atoms with van der Waals surface area (Å²) in [6.45, 7) is 3.39. The predicted molar refractivity (Wildman–Crippen MR) is 55.1 cm³/mol. The number of nitrogens with one attached hydrogen (secondary N) is 1. The summed E-state index contributed by atoms with van der Waals surface area (Å²) in [6, 6.07) is 0. The number of hydrogen-bond acceptors (Lipinski definition) is 3. The van der Waals surface area contributed by atoms with Crippen LogP contribution in [0, 0.1) is 5.92 Å². The minimum atomic E-state index is -0.240. The molecule has 0 aliphatic carbocycles. The van der Waals surface area contributed by atoms with Gasteiger partial charge < -0.3 is 15.3 Å². The molecule has 0 bridgehead atoms. The fourth-order valence-corrected chi connectivity index (χ4v) is 1.76. The third kappa shape index (κ3) is 3.20. The largest absolute Gasteiger partial charge is 0.395 e. The summed E-state index contributed by atoms with van der Waals surface area (Å²) in [4.78, 5) is 24.5. The maximum Gasteiger partial charge on any atom is 0.228 e. The summed E-state index contributed by atoms with van der Waals surface area (Å²) in [5.74, 6) is -0.325. The van der Waals surface area contributed by atoms with Crippen LogP contribution < -0.4 is 5.32 Å². The average Bonchev–Trinajstić information content (AvgIpc) is 2.63. The minimum absolute atomic E-state index is 0.0238. The Kier molecular flexibility index (Phi) is 4.55. The van der Waals surface area contributed by atoms with E-state index in [4.69, 9.17) is 5.11 Å². The van der Waals surface area contributed by atoms with Crippen LogP contribution >= 0.6 is 0 Å². The lowest BCUT2D eigenvalue weighted by atomic mass is 10.1. The maximum absolute atomic E-state index is 11.9. The molecule has 1 fully saturated rings. The van der Waals surface area contributed by atoms with Gasteiger partial charge in [0.15, 0.2) is 0 Å². The molecule has 15 heavy (non-hydrogen) atoms. The summed E-state index contributed by atoms with van der Waals surface area (Å²) >= 11 is 0. The molecule has 2 N–H and O–H groups in total. The van der Waals surface area contributed by atoms with E-state index in [0.717, 1.165) is 6.42 Å². The van der Waals surface area contributed by atoms with Crippen LogP contribution in [0.1, 0.15) is 19.8 Å². The van der Waals surface area contributed by atoms with E-state index in [0.29, 0.717) is 19.6 Å². The van der Waals surface area contributed by atoms with E-state index in [-0.39, 0.29) is 30.8 Å². The van der Waals surface area contributed by atoms with Crippen LogP contribution in [0.15, 0.2) is 0 Å². The normalized spacial score (nSPS) is 20.1. The second kappa shape index (κ2) is 5.70. The number of carbonyl (C=O) groups is 2. The molecule has 86 valence electrons. The Morgan fingerprint density at radius 3 is 2.80 bits per heavy atom. The molecule has 1 saturated heterocycles. The van der Waals surface area contributed by atoms with E-state index in [1.807, 2.05) is 6.92 Å². The quantitative estimate of drug-likeness (QED) is 0.639. The number of aliphatic hydroxyl groups is 1. The van der Waals surface area contributed by atoms with Crippen molar-refractivity contribution in [3.8, 4) is 0 Å². The Labute approximate surface area is 89.4 Å². The van der Waals surface area contributed by atoms with Crippen LogP contribution in [-0.4, -0.2) is 48.1 Å². The molecule has 5 heteroatoms. The SMILES string of the molecule is CCCN(CCO)C(=O)C1CNC(=O)C1. The minimum Gasteiger partial charge on any atom is -0.395 e. The fraction of sp³-hybridized carbons (Fsp3) is 0.800. The second-order valence-corrected chi connectivity index (χ2v) is 3.75. The van der Waals surface area contributed by atoms with Gasteiger partial charge in [0.1, 0.15) is 0 Å². The maximum atomic E-state index is 11.9. The number of amides is 2. The third-order valence-corrected chi connectivity index (χ3v) is 2.50. The summed E-state index contributed by atoms with van der Waals surface area (Å²) in [5.41, 5.74) is 0. The van der Waals surface area contributed by atoms with E-state index in [9.17, 15) is 9.59 Å². The Morgan fingerprint density at radius 1 is 1.60 bits per heavy atom. The monoisotopic (exact) mass is 214 g/mol. The molecule has 0 aromatic heterocycles. The number of hydrogen-bond donors (Lipinski definition) is 2. The average molecular weight is 214 g/mol. The molecule has 5 nitrogen and oxygen atoms in total. The molecule has 0 aromatic carbocycles. The standard InChI is InChI=1S/C10H18N2O3/c1-2-3-12(4-5-13)10(15)8-6-9(14)11-7-8/h8,13H,2-7H2,1H3,(H,11,14). The smallest absolute Gasteiger partial charge is 0.228 e. The summed E-state index contributed by atoms with van der Waals surface area (Å²) in [7, 11) is 0. The van der Waals surface area contributed by atoms with Gasteiger partial charge in [0.05, 0.1) is 12.5 Å². The summed E-state index contributed by atoms with van der Waals surface area (Å²) in [6.07, 6.45) is 1.14. The van der Waals surface area contributed by atoms with E-state index in [1.54, 1.807) is 4.90 Å². The molecule has 1 atom stereocenters. The van der Waals surface area contributed by atoms with Crippen LogP contribution in [0.4, 0.5) is 0 Å². The Morgan fingerprint density at radius 2 is 2.33 bits per heavy atom. The molecule has 2 amide bonds. The van der Waals surface area contributed by atoms with Gasteiger partial charge in [-0.15, -0.1) is 0 Å². The Bertz CT molecular complexity index is 237. The highest BCUT2D eigenvalue weighted by Gasteiger charge is 2.30. The highest BCUT2D eigenvalue weighted by molar-refractivity contribution is 5.89. The Balaban J connectivity index is 2.51. The van der Waals surface area contributed by atoms with Gasteiger partial charge in [-0.1, -0.05) is 6.92 Å². The molecular formula is C10H18N2O3. The lowest BCUT2D eigenvalue weighted by molar-refractivity contribution is -0.136. The van der Waals surface area contributed by atoms with Crippen LogP contribution in [0.25, 0.3) is 0 Å². The first-order valence-electron chi connectivity index (χ1n) is 5.35. The molecule has 0 saturated carbocycles. The number of carbonyl (C=O) groups excluding carboxylic acids is 2. The molecule has 1 aliphatic heterocycles. The topological polar surface area (TPSA) is 69.6 Å². The molecular weight excluding hydrogens is 196 g/mol. The van der Waals surface area contributed by atoms with Crippen LogP contribution in [0.3, 0.4) is 0 Å². The van der Waals surface area contributed by atoms with Crippen LogP contribution in [0.2, 0.25) is 0 Å². The van der Waals surface area contributed by atoms with Crippen molar-refractivity contribution in [3.63, 3.8) is 0 Å². The van der Waals surface area contributed by atoms with Gasteiger partial charge in [-0.25, -0.2) is 0 Å². The zero-order valence-electron chi connectivity index (χ0n) is 9.03. The van der Waals surface area contributed by atoms with Crippen molar-refractivity contribution in [1.29, 1.82) is 0 Å². The van der Waals surface area contributed by atoms with Crippen molar-refractivity contribution in [2.45, 2.75) is 19.8 Å². The van der Waals surface area contributed by atoms with Gasteiger partial charge in [0.25, 0.3) is 0 Å². The third-order valence-electron chi connectivity index (χ3n) is 2.50. The van der Waals surface area contributed by atoms with Crippen molar-refractivity contribution in [1.82, 2.24) is 10.2 Å². The van der Waals surface area contributed by atoms with Gasteiger partial charge in [-0.3, -0.25) is 9.59 Å². The lowest BCUT2D eigenvalue weighted by Gasteiger charge is -2.23. The van der Waals surface area contributed by atoms with Crippen molar-refractivity contribution < 1.29 is 14.7 Å². The first-order valence-corrected chi connectivity index (χ1v) is 5.35. The van der Waals surface area contributed by atoms with Crippen molar-refractivity contribution >= 4 is 11.8 Å². The Hall–Kier alpha value is -1.10. The molecule has 0 aromatic rings. The van der Waals surface area contributed by atoms with E-state index in [2.05, 4.69) is 5.32 Å². The second-order valence-electron chi connectivity index (χ2n) is 3.75. The molecule has 0 radical (unpaired) electrons. The number of nitrogens with zero attached hydrogens (tertiary/aromatic N) is 1. The molecule has 1 unspecified atom stereocenters. The van der Waals surface area contributed by atoms with Gasteiger partial charge in [-0.2, -0.15) is 0 Å². The van der Waals surface area contributed by atoms with Crippen molar-refractivity contribution in [2.75, 3.05) is 26.2 Å². The predicted octanol–water partition coefficient (Wildman–Crippen LogP) is -0.647. The molecule has 1 rings (SSSR count). The van der Waals surface area contributed by atoms with Gasteiger partial charge in [0.2, 0.25) is 11.8 Å². The first-order chi connectivity index (χ1) is 7.19. The summed E-state index contributed by atoms with van der Waals surface area (Å²) < 4.78 is 0. The van der Waals surface area contributed by atoms with Crippen molar-refractivity contribution in [3.05, 3.63) is 0 Å². The zero-order valence-corrected chi connectivity index (χ0v) is 9.03. The van der Waals surface area contributed by atoms with E-state index < -0.39 is 0 Å². The fourth-order valence-electron chi connectivity index (χ4n) is 1.76. The number of aliphatic hydroxyl groups excluding tert-OH is 1. The van der Waals surface area contributed by atoms with Crippen LogP contribution in [-0.2, 0) is 9.59 Å². The first kappa shape index (κ1) is 12.0. The molecule has 1 heterocycles. The molecule has 1 aliphatic rings. The number of rotatable bonds is 5. The lowest BCUT2D eigenvalue weighted by Crippen LogP contribution is -2.39. The molecule has 0 spiro atoms. The van der Waals surface area contributed by atoms with Crippen molar-refractivity contribution in [2.24, 2.45) is 5.92 Å². The van der Waals surface area contributed by atoms with Crippen LogP contribution in [0.5, 0.6) is 0 Å². The highest BCUT2D eigenvalue weighted by Crippen LogP contribution is 2.12. The highest BCUT2D eigenvalue weighted by atomic mass is 16.3.